The summed E-state index contributed by atoms with van der Waals surface area (Å²) in [6.07, 6.45) is 89.4. The zero-order chi connectivity index (χ0) is 59.9. The van der Waals surface area contributed by atoms with Crippen LogP contribution < -0.4 is 0 Å². The molecule has 0 aliphatic carbocycles. The lowest BCUT2D eigenvalue weighted by atomic mass is 10.0. The van der Waals surface area contributed by atoms with Gasteiger partial charge >= 0.3 is 17.9 Å². The lowest BCUT2D eigenvalue weighted by Gasteiger charge is -2.18. The molecule has 0 saturated carbocycles. The van der Waals surface area contributed by atoms with E-state index in [4.69, 9.17) is 14.2 Å². The average Bonchev–Trinajstić information content (AvgIpc) is 3.50. The van der Waals surface area contributed by atoms with Gasteiger partial charge in [0.25, 0.3) is 0 Å². The third-order valence-corrected chi connectivity index (χ3v) is 17.5. The Kier molecular flexibility index (Phi) is 70.5. The summed E-state index contributed by atoms with van der Waals surface area (Å²) in [6.45, 7) is 6.71. The molecule has 0 saturated heterocycles. The van der Waals surface area contributed by atoms with E-state index in [1.54, 1.807) is 0 Å². The molecule has 0 aromatic carbocycles. The number of carbonyl (C=O) groups excluding carboxylic acids is 3. The fraction of sp³-hybridized carbons (Fsp3) is 0.909. The summed E-state index contributed by atoms with van der Waals surface area (Å²) in [5.41, 5.74) is 0. The summed E-state index contributed by atoms with van der Waals surface area (Å²) in [5.74, 6) is -0.838. The van der Waals surface area contributed by atoms with Gasteiger partial charge in [0.15, 0.2) is 6.10 Å². The summed E-state index contributed by atoms with van der Waals surface area (Å²) in [5, 5.41) is 0. The number of esters is 3. The van der Waals surface area contributed by atoms with Gasteiger partial charge in [0.2, 0.25) is 0 Å². The average molecular weight is 1170 g/mol. The van der Waals surface area contributed by atoms with E-state index >= 15 is 0 Å². The first-order chi connectivity index (χ1) is 41.0. The van der Waals surface area contributed by atoms with Crippen LogP contribution in [-0.2, 0) is 28.6 Å². The smallest absolute Gasteiger partial charge is 0.306 e. The third-order valence-electron chi connectivity index (χ3n) is 17.5. The first-order valence-corrected chi connectivity index (χ1v) is 37.8. The van der Waals surface area contributed by atoms with Crippen molar-refractivity contribution in [2.24, 2.45) is 0 Å². The predicted octanol–water partition coefficient (Wildman–Crippen LogP) is 26.1. The van der Waals surface area contributed by atoms with E-state index in [0.29, 0.717) is 19.3 Å². The van der Waals surface area contributed by atoms with Gasteiger partial charge in [-0.3, -0.25) is 14.4 Å². The number of carbonyl (C=O) groups is 3. The van der Waals surface area contributed by atoms with Gasteiger partial charge in [0.05, 0.1) is 0 Å². The van der Waals surface area contributed by atoms with E-state index in [9.17, 15) is 14.4 Å². The van der Waals surface area contributed by atoms with Gasteiger partial charge in [0, 0.05) is 19.3 Å². The Hall–Kier alpha value is -2.11. The highest BCUT2D eigenvalue weighted by molar-refractivity contribution is 5.71. The summed E-state index contributed by atoms with van der Waals surface area (Å²) >= 11 is 0. The maximum absolute atomic E-state index is 13.0. The first kappa shape index (κ1) is 80.9. The molecule has 83 heavy (non-hydrogen) atoms. The largest absolute Gasteiger partial charge is 0.462 e. The van der Waals surface area contributed by atoms with E-state index in [1.165, 1.54) is 321 Å². The minimum atomic E-state index is -0.772. The number of rotatable bonds is 71. The number of hydrogen-bond acceptors (Lipinski definition) is 6. The minimum Gasteiger partial charge on any atom is -0.462 e. The van der Waals surface area contributed by atoms with Gasteiger partial charge in [-0.2, -0.15) is 0 Å². The molecule has 0 radical (unpaired) electrons. The van der Waals surface area contributed by atoms with Crippen molar-refractivity contribution in [3.05, 3.63) is 24.3 Å². The Bertz CT molecular complexity index is 1340. The molecule has 0 N–H and O–H groups in total. The molecule has 0 aromatic rings. The van der Waals surface area contributed by atoms with E-state index in [1.807, 2.05) is 0 Å². The Morgan fingerprint density at radius 1 is 0.241 bits per heavy atom. The molecule has 0 spiro atoms. The third kappa shape index (κ3) is 70.5. The fourth-order valence-corrected chi connectivity index (χ4v) is 11.8. The monoisotopic (exact) mass is 1170 g/mol. The lowest BCUT2D eigenvalue weighted by Crippen LogP contribution is -2.30. The fourth-order valence-electron chi connectivity index (χ4n) is 11.8. The normalized spacial score (nSPS) is 12.1. The second-order valence-electron chi connectivity index (χ2n) is 25.9. The second-order valence-corrected chi connectivity index (χ2v) is 25.9. The number of ether oxygens (including phenoxy) is 3. The molecule has 0 bridgehead atoms. The van der Waals surface area contributed by atoms with E-state index in [-0.39, 0.29) is 31.1 Å². The van der Waals surface area contributed by atoms with Gasteiger partial charge in [-0.05, 0) is 51.4 Å². The molecule has 6 nitrogen and oxygen atoms in total. The van der Waals surface area contributed by atoms with Crippen molar-refractivity contribution in [1.82, 2.24) is 0 Å². The zero-order valence-electron chi connectivity index (χ0n) is 56.5. The second kappa shape index (κ2) is 72.4. The van der Waals surface area contributed by atoms with Crippen LogP contribution in [0.25, 0.3) is 0 Å². The van der Waals surface area contributed by atoms with Crippen LogP contribution >= 0.6 is 0 Å². The molecule has 0 heterocycles. The standard InChI is InChI=1S/C77H146O6/c1-4-7-10-13-16-19-22-25-28-31-33-34-35-36-37-38-39-40-41-42-44-46-49-52-55-58-61-64-67-70-76(79)82-73-74(72-81-75(78)69-66-63-60-57-54-51-48-45-30-27-24-21-18-15-12-9-6-3)83-77(80)71-68-65-62-59-56-53-50-47-43-32-29-26-23-20-17-14-11-8-5-2/h18,21,27,30,74H,4-17,19-20,22-26,28-29,31-73H2,1-3H3/b21-18-,30-27-. The maximum Gasteiger partial charge on any atom is 0.306 e. The van der Waals surface area contributed by atoms with Crippen LogP contribution in [0.3, 0.4) is 0 Å². The quantitative estimate of drug-likeness (QED) is 0.0261. The van der Waals surface area contributed by atoms with Crippen molar-refractivity contribution in [3.8, 4) is 0 Å². The molecular weight excluding hydrogens is 1020 g/mol. The van der Waals surface area contributed by atoms with Crippen molar-refractivity contribution in [3.63, 3.8) is 0 Å². The lowest BCUT2D eigenvalue weighted by molar-refractivity contribution is -0.167. The highest BCUT2D eigenvalue weighted by Gasteiger charge is 2.20. The van der Waals surface area contributed by atoms with Crippen LogP contribution in [0.15, 0.2) is 24.3 Å². The SMILES string of the molecule is CCCCC/C=C\C/C=C\CCCCCCCCCC(=O)OCC(COC(=O)CCCCCCCCCCCCCCCCCCCCCCCCCCCCCCC)OC(=O)CCCCCCCCCCCCCCCCCCCCC. The summed E-state index contributed by atoms with van der Waals surface area (Å²) in [6, 6.07) is 0. The van der Waals surface area contributed by atoms with Gasteiger partial charge < -0.3 is 14.2 Å². The maximum atomic E-state index is 13.0. The molecule has 0 aromatic heterocycles. The topological polar surface area (TPSA) is 78.9 Å². The van der Waals surface area contributed by atoms with Crippen LogP contribution in [-0.4, -0.2) is 37.2 Å². The Morgan fingerprint density at radius 2 is 0.434 bits per heavy atom. The van der Waals surface area contributed by atoms with Crippen molar-refractivity contribution in [1.29, 1.82) is 0 Å². The molecule has 0 rings (SSSR count). The van der Waals surface area contributed by atoms with Gasteiger partial charge in [0.1, 0.15) is 13.2 Å². The highest BCUT2D eigenvalue weighted by Crippen LogP contribution is 2.20. The van der Waals surface area contributed by atoms with E-state index < -0.39 is 6.10 Å². The summed E-state index contributed by atoms with van der Waals surface area (Å²) in [4.78, 5) is 38.5. The molecule has 1 unspecified atom stereocenters. The minimum absolute atomic E-state index is 0.0669. The molecule has 0 fully saturated rings. The molecular formula is C77H146O6. The molecule has 490 valence electrons. The zero-order valence-corrected chi connectivity index (χ0v) is 56.5. The number of unbranched alkanes of at least 4 members (excludes halogenated alkanes) is 56. The first-order valence-electron chi connectivity index (χ1n) is 37.8. The number of allylic oxidation sites excluding steroid dienone is 4. The molecule has 0 amide bonds. The van der Waals surface area contributed by atoms with Crippen LogP contribution in [0.5, 0.6) is 0 Å². The van der Waals surface area contributed by atoms with Crippen molar-refractivity contribution < 1.29 is 28.6 Å². The van der Waals surface area contributed by atoms with Crippen molar-refractivity contribution in [2.45, 2.75) is 438 Å². The molecule has 1 atom stereocenters. The Morgan fingerprint density at radius 3 is 0.687 bits per heavy atom. The summed E-state index contributed by atoms with van der Waals surface area (Å²) < 4.78 is 17.0. The number of hydrogen-bond donors (Lipinski definition) is 0. The highest BCUT2D eigenvalue weighted by atomic mass is 16.6. The van der Waals surface area contributed by atoms with Gasteiger partial charge in [-0.25, -0.2) is 0 Å². The Labute approximate surface area is 519 Å². The van der Waals surface area contributed by atoms with Crippen molar-refractivity contribution in [2.75, 3.05) is 13.2 Å². The van der Waals surface area contributed by atoms with Gasteiger partial charge in [-0.15, -0.1) is 0 Å². The van der Waals surface area contributed by atoms with E-state index in [0.717, 1.165) is 70.6 Å². The van der Waals surface area contributed by atoms with Crippen LogP contribution in [0.1, 0.15) is 432 Å². The molecule has 0 aliphatic rings. The molecule has 6 heteroatoms. The summed E-state index contributed by atoms with van der Waals surface area (Å²) in [7, 11) is 0. The van der Waals surface area contributed by atoms with Crippen LogP contribution in [0.2, 0.25) is 0 Å². The van der Waals surface area contributed by atoms with E-state index in [2.05, 4.69) is 45.1 Å². The predicted molar refractivity (Wildman–Crippen MR) is 363 cm³/mol. The van der Waals surface area contributed by atoms with Gasteiger partial charge in [-0.1, -0.05) is 385 Å². The van der Waals surface area contributed by atoms with Crippen molar-refractivity contribution >= 4 is 17.9 Å². The Balaban J connectivity index is 4.21. The van der Waals surface area contributed by atoms with Crippen LogP contribution in [0, 0.1) is 0 Å². The molecule has 0 aliphatic heterocycles. The van der Waals surface area contributed by atoms with Crippen LogP contribution in [0.4, 0.5) is 0 Å².